The van der Waals surface area contributed by atoms with Gasteiger partial charge in [-0.15, -0.1) is 0 Å². The van der Waals surface area contributed by atoms with Crippen molar-refractivity contribution in [2.75, 3.05) is 6.26 Å². The van der Waals surface area contributed by atoms with Crippen molar-refractivity contribution in [3.8, 4) is 23.1 Å². The standard InChI is InChI=1S/C20H17N3O2S/c1-13-5-3-4-6-15(13)12-25-16-9-7-14(8-10-16)18-17(11-21)19(24)23-20(22-18)26-2/h3-10H,12H2,1-2H3,(H,22,23,24). The Morgan fingerprint density at radius 2 is 1.92 bits per heavy atom. The quantitative estimate of drug-likeness (QED) is 0.549. The Balaban J connectivity index is 1.84. The van der Waals surface area contributed by atoms with E-state index in [0.29, 0.717) is 28.8 Å². The van der Waals surface area contributed by atoms with E-state index in [1.54, 1.807) is 12.1 Å². The van der Waals surface area contributed by atoms with Crippen LogP contribution in [0.5, 0.6) is 5.75 Å². The minimum Gasteiger partial charge on any atom is -0.489 e. The van der Waals surface area contributed by atoms with Crippen LogP contribution in [0.2, 0.25) is 0 Å². The third-order valence-electron chi connectivity index (χ3n) is 3.99. The largest absolute Gasteiger partial charge is 0.489 e. The topological polar surface area (TPSA) is 78.8 Å². The summed E-state index contributed by atoms with van der Waals surface area (Å²) < 4.78 is 5.83. The molecule has 0 bridgehead atoms. The van der Waals surface area contributed by atoms with E-state index >= 15 is 0 Å². The van der Waals surface area contributed by atoms with Gasteiger partial charge in [-0.3, -0.25) is 4.79 Å². The van der Waals surface area contributed by atoms with Gasteiger partial charge in [0.2, 0.25) is 0 Å². The summed E-state index contributed by atoms with van der Waals surface area (Å²) in [5, 5.41) is 9.75. The Morgan fingerprint density at radius 1 is 1.19 bits per heavy atom. The molecule has 0 spiro atoms. The van der Waals surface area contributed by atoms with E-state index in [2.05, 4.69) is 9.97 Å². The van der Waals surface area contributed by atoms with E-state index in [1.165, 1.54) is 17.3 Å². The average Bonchev–Trinajstić information content (AvgIpc) is 2.67. The molecular weight excluding hydrogens is 346 g/mol. The summed E-state index contributed by atoms with van der Waals surface area (Å²) in [6, 6.07) is 17.2. The number of nitriles is 1. The van der Waals surface area contributed by atoms with Gasteiger partial charge < -0.3 is 9.72 Å². The molecule has 130 valence electrons. The van der Waals surface area contributed by atoms with Gasteiger partial charge in [-0.1, -0.05) is 36.0 Å². The molecule has 0 radical (unpaired) electrons. The highest BCUT2D eigenvalue weighted by atomic mass is 32.2. The maximum absolute atomic E-state index is 12.0. The zero-order valence-electron chi connectivity index (χ0n) is 14.4. The summed E-state index contributed by atoms with van der Waals surface area (Å²) in [6.45, 7) is 2.53. The lowest BCUT2D eigenvalue weighted by atomic mass is 10.1. The van der Waals surface area contributed by atoms with Crippen LogP contribution in [0.4, 0.5) is 0 Å². The first kappa shape index (κ1) is 17.8. The van der Waals surface area contributed by atoms with E-state index < -0.39 is 5.56 Å². The summed E-state index contributed by atoms with van der Waals surface area (Å²) in [4.78, 5) is 19.0. The lowest BCUT2D eigenvalue weighted by molar-refractivity contribution is 0.305. The van der Waals surface area contributed by atoms with Crippen molar-refractivity contribution in [3.63, 3.8) is 0 Å². The minimum absolute atomic E-state index is 0.0105. The summed E-state index contributed by atoms with van der Waals surface area (Å²) in [5.41, 5.74) is 2.97. The number of aryl methyl sites for hydroxylation is 1. The van der Waals surface area contributed by atoms with Crippen molar-refractivity contribution < 1.29 is 4.74 Å². The molecule has 0 aliphatic rings. The van der Waals surface area contributed by atoms with Crippen molar-refractivity contribution >= 4 is 11.8 Å². The normalized spacial score (nSPS) is 10.3. The Labute approximate surface area is 155 Å². The van der Waals surface area contributed by atoms with Crippen LogP contribution in [-0.2, 0) is 6.61 Å². The monoisotopic (exact) mass is 363 g/mol. The van der Waals surface area contributed by atoms with Gasteiger partial charge in [0.1, 0.15) is 24.0 Å². The molecular formula is C20H17N3O2S. The van der Waals surface area contributed by atoms with E-state index in [0.717, 1.165) is 5.56 Å². The van der Waals surface area contributed by atoms with Crippen LogP contribution in [-0.4, -0.2) is 16.2 Å². The molecule has 0 amide bonds. The van der Waals surface area contributed by atoms with Gasteiger partial charge in [0.05, 0.1) is 5.69 Å². The fourth-order valence-corrected chi connectivity index (χ4v) is 2.88. The molecule has 5 nitrogen and oxygen atoms in total. The van der Waals surface area contributed by atoms with Gasteiger partial charge in [-0.25, -0.2) is 4.98 Å². The highest BCUT2D eigenvalue weighted by Gasteiger charge is 2.13. The van der Waals surface area contributed by atoms with Crippen LogP contribution in [0.1, 0.15) is 16.7 Å². The molecule has 0 aliphatic heterocycles. The first-order chi connectivity index (χ1) is 12.6. The Bertz CT molecular complexity index is 1020. The number of rotatable bonds is 5. The van der Waals surface area contributed by atoms with Gasteiger partial charge in [0.25, 0.3) is 5.56 Å². The van der Waals surface area contributed by atoms with Gasteiger partial charge in [0, 0.05) is 5.56 Å². The summed E-state index contributed by atoms with van der Waals surface area (Å²) in [6.07, 6.45) is 1.82. The predicted octanol–water partition coefficient (Wildman–Crippen LogP) is 3.92. The van der Waals surface area contributed by atoms with Crippen molar-refractivity contribution in [1.82, 2.24) is 9.97 Å². The van der Waals surface area contributed by atoms with Crippen LogP contribution in [0.3, 0.4) is 0 Å². The second kappa shape index (κ2) is 7.89. The molecule has 0 saturated carbocycles. The van der Waals surface area contributed by atoms with Crippen LogP contribution in [0.25, 0.3) is 11.3 Å². The maximum atomic E-state index is 12.0. The number of thioether (sulfide) groups is 1. The number of hydrogen-bond donors (Lipinski definition) is 1. The van der Waals surface area contributed by atoms with Crippen LogP contribution >= 0.6 is 11.8 Å². The molecule has 1 N–H and O–H groups in total. The number of nitrogens with zero attached hydrogens (tertiary/aromatic N) is 2. The Hall–Kier alpha value is -3.04. The Morgan fingerprint density at radius 3 is 2.58 bits per heavy atom. The highest BCUT2D eigenvalue weighted by Crippen LogP contribution is 2.24. The number of H-pyrrole nitrogens is 1. The van der Waals surface area contributed by atoms with Crippen LogP contribution in [0.15, 0.2) is 58.5 Å². The molecule has 0 atom stereocenters. The lowest BCUT2D eigenvalue weighted by Crippen LogP contribution is -2.14. The van der Waals surface area contributed by atoms with E-state index in [4.69, 9.17) is 4.74 Å². The molecule has 26 heavy (non-hydrogen) atoms. The average molecular weight is 363 g/mol. The molecule has 6 heteroatoms. The molecule has 3 rings (SSSR count). The van der Waals surface area contributed by atoms with E-state index in [1.807, 2.05) is 55.6 Å². The van der Waals surface area contributed by atoms with Crippen molar-refractivity contribution in [2.45, 2.75) is 18.7 Å². The first-order valence-corrected chi connectivity index (χ1v) is 9.21. The van der Waals surface area contributed by atoms with Gasteiger partial charge >= 0.3 is 0 Å². The van der Waals surface area contributed by atoms with Gasteiger partial charge in [-0.2, -0.15) is 5.26 Å². The number of nitrogens with one attached hydrogen (secondary N) is 1. The molecule has 0 saturated heterocycles. The third-order valence-corrected chi connectivity index (χ3v) is 4.57. The number of hydrogen-bond acceptors (Lipinski definition) is 5. The summed E-state index contributed by atoms with van der Waals surface area (Å²) >= 11 is 1.32. The van der Waals surface area contributed by atoms with Crippen LogP contribution < -0.4 is 10.3 Å². The molecule has 1 heterocycles. The molecule has 0 unspecified atom stereocenters. The second-order valence-corrected chi connectivity index (χ2v) is 6.45. The molecule has 0 fully saturated rings. The fraction of sp³-hybridized carbons (Fsp3) is 0.150. The van der Waals surface area contributed by atoms with Crippen molar-refractivity contribution in [2.24, 2.45) is 0 Å². The zero-order valence-corrected chi connectivity index (χ0v) is 15.3. The molecule has 3 aromatic rings. The van der Waals surface area contributed by atoms with E-state index in [9.17, 15) is 10.1 Å². The summed E-state index contributed by atoms with van der Waals surface area (Å²) in [7, 11) is 0. The SMILES string of the molecule is CSc1nc(-c2ccc(OCc3ccccc3C)cc2)c(C#N)c(=O)[nH]1. The predicted molar refractivity (Wildman–Crippen MR) is 102 cm³/mol. The molecule has 1 aromatic heterocycles. The molecule has 0 aliphatic carbocycles. The van der Waals surface area contributed by atoms with Crippen LogP contribution in [0, 0.1) is 18.3 Å². The van der Waals surface area contributed by atoms with E-state index in [-0.39, 0.29) is 5.56 Å². The smallest absolute Gasteiger partial charge is 0.270 e. The van der Waals surface area contributed by atoms with Gasteiger partial charge in [0.15, 0.2) is 5.16 Å². The number of ether oxygens (including phenoxy) is 1. The fourth-order valence-electron chi connectivity index (χ4n) is 2.50. The first-order valence-electron chi connectivity index (χ1n) is 7.98. The molecule has 2 aromatic carbocycles. The van der Waals surface area contributed by atoms with Crippen molar-refractivity contribution in [1.29, 1.82) is 5.26 Å². The number of aromatic amines is 1. The Kier molecular flexibility index (Phi) is 5.40. The maximum Gasteiger partial charge on any atom is 0.270 e. The highest BCUT2D eigenvalue weighted by molar-refractivity contribution is 7.98. The van der Waals surface area contributed by atoms with Crippen molar-refractivity contribution in [3.05, 3.63) is 75.6 Å². The zero-order chi connectivity index (χ0) is 18.5. The number of benzene rings is 2. The third kappa shape index (κ3) is 3.79. The number of aromatic nitrogens is 2. The summed E-state index contributed by atoms with van der Waals surface area (Å²) in [5.74, 6) is 0.713. The van der Waals surface area contributed by atoms with Gasteiger partial charge in [-0.05, 0) is 48.6 Å². The minimum atomic E-state index is -0.429. The lowest BCUT2D eigenvalue weighted by Gasteiger charge is -2.10. The second-order valence-electron chi connectivity index (χ2n) is 5.65.